The monoisotopic (exact) mass is 377 g/mol. The first-order chi connectivity index (χ1) is 13.7. The zero-order chi connectivity index (χ0) is 19.3. The Balaban J connectivity index is 1.41. The molecule has 144 valence electrons. The number of carbonyl (C=O) groups is 1. The van der Waals surface area contributed by atoms with Gasteiger partial charge in [0.15, 0.2) is 0 Å². The van der Waals surface area contributed by atoms with Crippen molar-refractivity contribution in [2.45, 2.75) is 13.0 Å². The Morgan fingerprint density at radius 3 is 2.50 bits per heavy atom. The van der Waals surface area contributed by atoms with Crippen LogP contribution in [0, 0.1) is 0 Å². The maximum absolute atomic E-state index is 13.0. The molecule has 1 amide bonds. The summed E-state index contributed by atoms with van der Waals surface area (Å²) in [6.45, 7) is 3.50. The zero-order valence-electron chi connectivity index (χ0n) is 15.6. The van der Waals surface area contributed by atoms with Gasteiger partial charge in [0.2, 0.25) is 0 Å². The van der Waals surface area contributed by atoms with Crippen LogP contribution in [0.1, 0.15) is 27.2 Å². The lowest BCUT2D eigenvalue weighted by Crippen LogP contribution is -2.48. The molecule has 0 bridgehead atoms. The van der Waals surface area contributed by atoms with Crippen LogP contribution in [-0.4, -0.2) is 52.1 Å². The fourth-order valence-corrected chi connectivity index (χ4v) is 3.52. The quantitative estimate of drug-likeness (QED) is 0.740. The maximum atomic E-state index is 13.0. The van der Waals surface area contributed by atoms with E-state index < -0.39 is 0 Å². The summed E-state index contributed by atoms with van der Waals surface area (Å²) in [7, 11) is 0. The number of benzene rings is 2. The van der Waals surface area contributed by atoms with Crippen LogP contribution in [0.15, 0.2) is 65.4 Å². The number of hydrogen-bond acceptors (Lipinski definition) is 5. The van der Waals surface area contributed by atoms with Gasteiger partial charge in [0.25, 0.3) is 5.91 Å². The number of phenolic OH excluding ortho intramolecular Hbond substituents is 1. The van der Waals surface area contributed by atoms with Gasteiger partial charge in [0.05, 0.1) is 11.3 Å². The third kappa shape index (κ3) is 4.23. The predicted octanol–water partition coefficient (Wildman–Crippen LogP) is 2.93. The Morgan fingerprint density at radius 1 is 1.00 bits per heavy atom. The highest BCUT2D eigenvalue weighted by Gasteiger charge is 2.24. The number of aromatic hydroxyl groups is 1. The van der Waals surface area contributed by atoms with Crippen LogP contribution in [0.5, 0.6) is 5.75 Å². The molecule has 6 heteroatoms. The van der Waals surface area contributed by atoms with Crippen LogP contribution in [0.2, 0.25) is 0 Å². The number of hydrogen-bond donors (Lipinski definition) is 1. The first-order valence-electron chi connectivity index (χ1n) is 9.46. The lowest BCUT2D eigenvalue weighted by molar-refractivity contribution is 0.0622. The van der Waals surface area contributed by atoms with Gasteiger partial charge in [-0.3, -0.25) is 9.69 Å². The van der Waals surface area contributed by atoms with E-state index in [2.05, 4.69) is 22.2 Å². The molecular weight excluding hydrogens is 354 g/mol. The molecule has 0 saturated carbocycles. The summed E-state index contributed by atoms with van der Waals surface area (Å²) < 4.78 is 4.87. The van der Waals surface area contributed by atoms with Crippen LogP contribution in [-0.2, 0) is 13.0 Å². The minimum Gasteiger partial charge on any atom is -0.507 e. The van der Waals surface area contributed by atoms with Crippen molar-refractivity contribution in [2.75, 3.05) is 26.2 Å². The third-order valence-electron chi connectivity index (χ3n) is 5.08. The van der Waals surface area contributed by atoms with E-state index in [4.69, 9.17) is 4.52 Å². The van der Waals surface area contributed by atoms with Gasteiger partial charge < -0.3 is 14.5 Å². The minimum atomic E-state index is -0.117. The van der Waals surface area contributed by atoms with Crippen molar-refractivity contribution in [3.05, 3.63) is 83.2 Å². The second-order valence-electron chi connectivity index (χ2n) is 7.07. The summed E-state index contributed by atoms with van der Waals surface area (Å²) in [5.74, 6) is -0.0830. The van der Waals surface area contributed by atoms with E-state index >= 15 is 0 Å². The van der Waals surface area contributed by atoms with Gasteiger partial charge in [-0.15, -0.1) is 0 Å². The van der Waals surface area contributed by atoms with Crippen molar-refractivity contribution in [1.29, 1.82) is 0 Å². The van der Waals surface area contributed by atoms with Crippen molar-refractivity contribution in [1.82, 2.24) is 15.0 Å². The molecular formula is C22H23N3O3. The van der Waals surface area contributed by atoms with E-state index in [0.717, 1.165) is 37.3 Å². The molecule has 6 nitrogen and oxygen atoms in total. The van der Waals surface area contributed by atoms with Gasteiger partial charge in [-0.2, -0.15) is 0 Å². The summed E-state index contributed by atoms with van der Waals surface area (Å²) >= 11 is 0. The molecule has 0 unspecified atom stereocenters. The molecule has 3 aromatic rings. The van der Waals surface area contributed by atoms with Crippen LogP contribution < -0.4 is 0 Å². The molecule has 1 aromatic heterocycles. The molecule has 0 spiro atoms. The highest BCUT2D eigenvalue weighted by molar-refractivity contribution is 5.97. The van der Waals surface area contributed by atoms with Crippen molar-refractivity contribution in [3.63, 3.8) is 0 Å². The minimum absolute atomic E-state index is 0.0341. The number of aromatic nitrogens is 1. The third-order valence-corrected chi connectivity index (χ3v) is 5.08. The number of phenols is 1. The number of piperazine rings is 1. The van der Waals surface area contributed by atoms with Crippen molar-refractivity contribution >= 4 is 5.91 Å². The lowest BCUT2D eigenvalue weighted by Gasteiger charge is -2.34. The Bertz CT molecular complexity index is 917. The molecule has 0 aliphatic carbocycles. The molecule has 0 atom stereocenters. The molecule has 0 radical (unpaired) electrons. The van der Waals surface area contributed by atoms with E-state index in [0.29, 0.717) is 18.7 Å². The van der Waals surface area contributed by atoms with Crippen LogP contribution in [0.3, 0.4) is 0 Å². The molecule has 1 aliphatic heterocycles. The largest absolute Gasteiger partial charge is 0.507 e. The predicted molar refractivity (Wildman–Crippen MR) is 105 cm³/mol. The number of rotatable bonds is 5. The standard InChI is InChI=1S/C22H23N3O3/c26-21-7-6-18(14-17-4-2-1-3-5-17)15-20(21)22(27)25-11-9-24(10-12-25)16-19-8-13-28-23-19/h1-8,13,15,26H,9-12,14,16H2. The second kappa shape index (κ2) is 8.27. The summed E-state index contributed by atoms with van der Waals surface area (Å²) in [6, 6.07) is 17.3. The number of carbonyl (C=O) groups excluding carboxylic acids is 1. The average Bonchev–Trinajstić information content (AvgIpc) is 3.23. The smallest absolute Gasteiger partial charge is 0.257 e. The Hall–Kier alpha value is -3.12. The van der Waals surface area contributed by atoms with E-state index in [9.17, 15) is 9.90 Å². The van der Waals surface area contributed by atoms with E-state index in [1.807, 2.05) is 36.4 Å². The molecule has 1 saturated heterocycles. The number of amides is 1. The van der Waals surface area contributed by atoms with Crippen LogP contribution in [0.4, 0.5) is 0 Å². The molecule has 28 heavy (non-hydrogen) atoms. The highest BCUT2D eigenvalue weighted by atomic mass is 16.5. The van der Waals surface area contributed by atoms with Crippen molar-refractivity contribution in [3.8, 4) is 5.75 Å². The molecule has 4 rings (SSSR count). The zero-order valence-corrected chi connectivity index (χ0v) is 15.6. The summed E-state index contributed by atoms with van der Waals surface area (Å²) in [5, 5.41) is 14.2. The van der Waals surface area contributed by atoms with Crippen LogP contribution >= 0.6 is 0 Å². The normalized spacial score (nSPS) is 14.9. The SMILES string of the molecule is O=C(c1cc(Cc2ccccc2)ccc1O)N1CCN(Cc2ccon2)CC1. The first-order valence-corrected chi connectivity index (χ1v) is 9.46. The molecule has 1 N–H and O–H groups in total. The average molecular weight is 377 g/mol. The van der Waals surface area contributed by atoms with Gasteiger partial charge in [-0.05, 0) is 29.7 Å². The Morgan fingerprint density at radius 2 is 1.79 bits per heavy atom. The van der Waals surface area contributed by atoms with Gasteiger partial charge in [0, 0.05) is 38.8 Å². The molecule has 2 heterocycles. The number of nitrogens with zero attached hydrogens (tertiary/aromatic N) is 3. The molecule has 1 fully saturated rings. The summed E-state index contributed by atoms with van der Waals surface area (Å²) in [5.41, 5.74) is 3.45. The lowest BCUT2D eigenvalue weighted by atomic mass is 10.0. The van der Waals surface area contributed by atoms with E-state index in [1.165, 1.54) is 5.56 Å². The molecule has 1 aliphatic rings. The highest BCUT2D eigenvalue weighted by Crippen LogP contribution is 2.23. The first kappa shape index (κ1) is 18.3. The summed E-state index contributed by atoms with van der Waals surface area (Å²) in [4.78, 5) is 17.0. The van der Waals surface area contributed by atoms with Crippen LogP contribution in [0.25, 0.3) is 0 Å². The molecule has 2 aromatic carbocycles. The van der Waals surface area contributed by atoms with Gasteiger partial charge in [0.1, 0.15) is 12.0 Å². The second-order valence-corrected chi connectivity index (χ2v) is 7.07. The van der Waals surface area contributed by atoms with Gasteiger partial charge >= 0.3 is 0 Å². The van der Waals surface area contributed by atoms with Gasteiger partial charge in [-0.25, -0.2) is 0 Å². The topological polar surface area (TPSA) is 69.8 Å². The van der Waals surface area contributed by atoms with Crippen molar-refractivity contribution < 1.29 is 14.4 Å². The van der Waals surface area contributed by atoms with Gasteiger partial charge in [-0.1, -0.05) is 41.6 Å². The maximum Gasteiger partial charge on any atom is 0.257 e. The van der Waals surface area contributed by atoms with E-state index in [-0.39, 0.29) is 11.7 Å². The Labute approximate surface area is 164 Å². The summed E-state index contributed by atoms with van der Waals surface area (Å²) in [6.07, 6.45) is 2.30. The van der Waals surface area contributed by atoms with E-state index in [1.54, 1.807) is 17.2 Å². The fraction of sp³-hybridized carbons (Fsp3) is 0.273. The van der Waals surface area contributed by atoms with Crippen molar-refractivity contribution in [2.24, 2.45) is 0 Å². The fourth-order valence-electron chi connectivity index (χ4n) is 3.52. The Kier molecular flexibility index (Phi) is 5.39.